The van der Waals surface area contributed by atoms with Crippen molar-refractivity contribution in [2.45, 2.75) is 6.18 Å². The van der Waals surface area contributed by atoms with Crippen LogP contribution in [0, 0.1) is 0 Å². The van der Waals surface area contributed by atoms with Crippen molar-refractivity contribution in [2.24, 2.45) is 0 Å². The number of amides is 1. The van der Waals surface area contributed by atoms with Gasteiger partial charge in [0.2, 0.25) is 0 Å². The standard InChI is InChI=1S/C11H10F3NO5/c12-11(13,14)6-20-10(19)15(5-9(17)18)7-1-3-8(16)4-2-7/h1-4,16H,5-6H2,(H,17,18). The molecule has 20 heavy (non-hydrogen) atoms. The summed E-state index contributed by atoms with van der Waals surface area (Å²) >= 11 is 0. The predicted octanol–water partition coefficient (Wildman–Crippen LogP) is 1.98. The average Bonchev–Trinajstić information content (AvgIpc) is 2.33. The minimum atomic E-state index is -4.71. The molecule has 0 atom stereocenters. The quantitative estimate of drug-likeness (QED) is 0.886. The van der Waals surface area contributed by atoms with Crippen molar-refractivity contribution in [1.29, 1.82) is 0 Å². The third-order valence-electron chi connectivity index (χ3n) is 2.03. The number of hydrogen-bond acceptors (Lipinski definition) is 4. The number of carboxylic acid groups (broad SMARTS) is 1. The van der Waals surface area contributed by atoms with Crippen molar-refractivity contribution in [3.8, 4) is 5.75 Å². The molecule has 6 nitrogen and oxygen atoms in total. The lowest BCUT2D eigenvalue weighted by atomic mass is 10.3. The van der Waals surface area contributed by atoms with E-state index in [1.54, 1.807) is 0 Å². The number of alkyl halides is 3. The van der Waals surface area contributed by atoms with Gasteiger partial charge in [0, 0.05) is 5.69 Å². The zero-order valence-electron chi connectivity index (χ0n) is 9.92. The first-order valence-corrected chi connectivity index (χ1v) is 5.21. The Balaban J connectivity index is 2.86. The molecule has 0 radical (unpaired) electrons. The Bertz CT molecular complexity index is 486. The van der Waals surface area contributed by atoms with E-state index in [0.29, 0.717) is 4.90 Å². The number of hydrogen-bond donors (Lipinski definition) is 2. The summed E-state index contributed by atoms with van der Waals surface area (Å²) in [7, 11) is 0. The van der Waals surface area contributed by atoms with Crippen LogP contribution in [0.2, 0.25) is 0 Å². The molecular weight excluding hydrogens is 283 g/mol. The van der Waals surface area contributed by atoms with E-state index in [2.05, 4.69) is 4.74 Å². The first-order valence-electron chi connectivity index (χ1n) is 5.21. The van der Waals surface area contributed by atoms with E-state index in [-0.39, 0.29) is 11.4 Å². The molecule has 9 heteroatoms. The summed E-state index contributed by atoms with van der Waals surface area (Å²) in [5.41, 5.74) is -0.0163. The molecule has 0 bridgehead atoms. The lowest BCUT2D eigenvalue weighted by Gasteiger charge is -2.20. The minimum absolute atomic E-state index is 0.0163. The Labute approximate surface area is 111 Å². The van der Waals surface area contributed by atoms with Crippen molar-refractivity contribution >= 4 is 17.7 Å². The van der Waals surface area contributed by atoms with Gasteiger partial charge in [0.05, 0.1) is 0 Å². The fourth-order valence-electron chi connectivity index (χ4n) is 1.25. The summed E-state index contributed by atoms with van der Waals surface area (Å²) in [6, 6.07) is 4.66. The zero-order chi connectivity index (χ0) is 15.3. The Morgan fingerprint density at radius 2 is 1.75 bits per heavy atom. The highest BCUT2D eigenvalue weighted by molar-refractivity contribution is 5.93. The van der Waals surface area contributed by atoms with Gasteiger partial charge in [-0.1, -0.05) is 0 Å². The van der Waals surface area contributed by atoms with Gasteiger partial charge < -0.3 is 14.9 Å². The number of rotatable bonds is 4. The maximum absolute atomic E-state index is 12.0. The molecule has 0 aliphatic carbocycles. The molecule has 0 heterocycles. The lowest BCUT2D eigenvalue weighted by molar-refractivity contribution is -0.159. The fourth-order valence-corrected chi connectivity index (χ4v) is 1.25. The summed E-state index contributed by atoms with van der Waals surface area (Å²) in [6.07, 6.45) is -6.16. The van der Waals surface area contributed by atoms with Crippen molar-refractivity contribution in [1.82, 2.24) is 0 Å². The maximum Gasteiger partial charge on any atom is 0.422 e. The zero-order valence-corrected chi connectivity index (χ0v) is 9.92. The van der Waals surface area contributed by atoms with Crippen LogP contribution in [0.25, 0.3) is 0 Å². The van der Waals surface area contributed by atoms with Crippen LogP contribution in [0.15, 0.2) is 24.3 Å². The fraction of sp³-hybridized carbons (Fsp3) is 0.273. The molecule has 0 aliphatic rings. The van der Waals surface area contributed by atoms with E-state index in [4.69, 9.17) is 10.2 Å². The van der Waals surface area contributed by atoms with Crippen LogP contribution in [0.4, 0.5) is 23.7 Å². The van der Waals surface area contributed by atoms with E-state index in [0.717, 1.165) is 12.1 Å². The molecule has 1 rings (SSSR count). The number of aliphatic carboxylic acids is 1. The lowest BCUT2D eigenvalue weighted by Crippen LogP contribution is -2.37. The van der Waals surface area contributed by atoms with Crippen molar-refractivity contribution in [2.75, 3.05) is 18.1 Å². The number of carbonyl (C=O) groups excluding carboxylic acids is 1. The third-order valence-corrected chi connectivity index (χ3v) is 2.03. The summed E-state index contributed by atoms with van der Waals surface area (Å²) in [4.78, 5) is 22.6. The van der Waals surface area contributed by atoms with Crippen LogP contribution in [0.1, 0.15) is 0 Å². The number of aromatic hydroxyl groups is 1. The van der Waals surface area contributed by atoms with Crippen molar-refractivity contribution < 1.29 is 37.7 Å². The van der Waals surface area contributed by atoms with Crippen LogP contribution in [0.3, 0.4) is 0 Å². The van der Waals surface area contributed by atoms with Gasteiger partial charge >= 0.3 is 18.2 Å². The van der Waals surface area contributed by atoms with E-state index >= 15 is 0 Å². The van der Waals surface area contributed by atoms with Gasteiger partial charge in [-0.3, -0.25) is 9.69 Å². The first-order chi connectivity index (χ1) is 9.19. The minimum Gasteiger partial charge on any atom is -0.508 e. The average molecular weight is 293 g/mol. The number of phenols is 1. The Morgan fingerprint density at radius 3 is 2.20 bits per heavy atom. The summed E-state index contributed by atoms with van der Waals surface area (Å²) in [5.74, 6) is -1.57. The van der Waals surface area contributed by atoms with Gasteiger partial charge in [-0.15, -0.1) is 0 Å². The topological polar surface area (TPSA) is 87.1 Å². The molecule has 0 fully saturated rings. The van der Waals surface area contributed by atoms with E-state index in [1.165, 1.54) is 12.1 Å². The van der Waals surface area contributed by atoms with E-state index in [9.17, 15) is 22.8 Å². The van der Waals surface area contributed by atoms with Gasteiger partial charge in [0.1, 0.15) is 12.3 Å². The molecule has 0 unspecified atom stereocenters. The van der Waals surface area contributed by atoms with E-state index in [1.807, 2.05) is 0 Å². The Morgan fingerprint density at radius 1 is 1.20 bits per heavy atom. The number of carbonyl (C=O) groups is 2. The van der Waals surface area contributed by atoms with Crippen LogP contribution in [-0.4, -0.2) is 41.6 Å². The SMILES string of the molecule is O=C(O)CN(C(=O)OCC(F)(F)F)c1ccc(O)cc1. The highest BCUT2D eigenvalue weighted by Gasteiger charge is 2.31. The summed E-state index contributed by atoms with van der Waals surface area (Å²) in [6.45, 7) is -2.69. The molecule has 0 spiro atoms. The highest BCUT2D eigenvalue weighted by atomic mass is 19.4. The van der Waals surface area contributed by atoms with Gasteiger partial charge in [-0.25, -0.2) is 4.79 Å². The number of nitrogens with zero attached hydrogens (tertiary/aromatic N) is 1. The molecule has 2 N–H and O–H groups in total. The van der Waals surface area contributed by atoms with Crippen LogP contribution in [-0.2, 0) is 9.53 Å². The second-order valence-electron chi connectivity index (χ2n) is 3.67. The molecule has 0 aliphatic heterocycles. The molecule has 1 aromatic carbocycles. The van der Waals surface area contributed by atoms with Gasteiger partial charge in [-0.05, 0) is 24.3 Å². The summed E-state index contributed by atoms with van der Waals surface area (Å²) in [5, 5.41) is 17.7. The molecule has 1 amide bonds. The number of anilines is 1. The number of benzene rings is 1. The second-order valence-corrected chi connectivity index (χ2v) is 3.67. The number of ether oxygens (including phenoxy) is 1. The second kappa shape index (κ2) is 6.13. The van der Waals surface area contributed by atoms with Crippen LogP contribution < -0.4 is 4.90 Å². The van der Waals surface area contributed by atoms with Crippen molar-refractivity contribution in [3.05, 3.63) is 24.3 Å². The molecule has 0 saturated heterocycles. The molecule has 0 saturated carbocycles. The largest absolute Gasteiger partial charge is 0.508 e. The Kier molecular flexibility index (Phi) is 4.78. The smallest absolute Gasteiger partial charge is 0.422 e. The first kappa shape index (κ1) is 15.6. The van der Waals surface area contributed by atoms with E-state index < -0.39 is 31.4 Å². The van der Waals surface area contributed by atoms with Crippen LogP contribution >= 0.6 is 0 Å². The Hall–Kier alpha value is -2.45. The van der Waals surface area contributed by atoms with Gasteiger partial charge in [-0.2, -0.15) is 13.2 Å². The monoisotopic (exact) mass is 293 g/mol. The van der Waals surface area contributed by atoms with Crippen LogP contribution in [0.5, 0.6) is 5.75 Å². The number of carboxylic acids is 1. The molecule has 1 aromatic rings. The molecular formula is C11H10F3NO5. The highest BCUT2D eigenvalue weighted by Crippen LogP contribution is 2.20. The number of halogens is 3. The normalized spacial score (nSPS) is 10.9. The van der Waals surface area contributed by atoms with Gasteiger partial charge in [0.15, 0.2) is 6.61 Å². The molecule has 110 valence electrons. The van der Waals surface area contributed by atoms with Crippen molar-refractivity contribution in [3.63, 3.8) is 0 Å². The number of phenolic OH excluding ortho intramolecular Hbond substituents is 1. The van der Waals surface area contributed by atoms with Gasteiger partial charge in [0.25, 0.3) is 0 Å². The third kappa shape index (κ3) is 5.04. The molecule has 0 aromatic heterocycles. The summed E-state index contributed by atoms with van der Waals surface area (Å²) < 4.78 is 39.8. The predicted molar refractivity (Wildman–Crippen MR) is 60.5 cm³/mol. The maximum atomic E-state index is 12.0.